The third kappa shape index (κ3) is 4.48. The van der Waals surface area contributed by atoms with E-state index in [1.165, 1.54) is 17.8 Å². The second-order valence-electron chi connectivity index (χ2n) is 3.79. The first-order valence-electron chi connectivity index (χ1n) is 5.23. The smallest absolute Gasteiger partial charge is 0.230 e. The molecule has 0 spiro atoms. The van der Waals surface area contributed by atoms with Crippen LogP contribution in [0.25, 0.3) is 0 Å². The summed E-state index contributed by atoms with van der Waals surface area (Å²) in [6.07, 6.45) is 0. The van der Waals surface area contributed by atoms with Crippen LogP contribution in [0.2, 0.25) is 0 Å². The van der Waals surface area contributed by atoms with E-state index in [1.54, 1.807) is 18.2 Å². The van der Waals surface area contributed by atoms with Crippen molar-refractivity contribution in [2.75, 3.05) is 5.75 Å². The first kappa shape index (κ1) is 13.6. The van der Waals surface area contributed by atoms with Crippen LogP contribution in [0.4, 0.5) is 0 Å². The van der Waals surface area contributed by atoms with Crippen molar-refractivity contribution in [3.8, 4) is 0 Å². The molecule has 1 N–H and O–H groups in total. The van der Waals surface area contributed by atoms with E-state index in [0.717, 1.165) is 0 Å². The maximum Gasteiger partial charge on any atom is 0.230 e. The Labute approximate surface area is 104 Å². The molecular formula is C12H14NO3S-. The fourth-order valence-corrected chi connectivity index (χ4v) is 2.12. The molecule has 0 saturated heterocycles. The van der Waals surface area contributed by atoms with Crippen molar-refractivity contribution >= 4 is 23.6 Å². The van der Waals surface area contributed by atoms with E-state index < -0.39 is 5.97 Å². The Morgan fingerprint density at radius 2 is 2.00 bits per heavy atom. The molecular weight excluding hydrogens is 238 g/mol. The van der Waals surface area contributed by atoms with Gasteiger partial charge in [0.15, 0.2) is 0 Å². The lowest BCUT2D eigenvalue weighted by Crippen LogP contribution is -2.31. The first-order chi connectivity index (χ1) is 8.00. The van der Waals surface area contributed by atoms with Gasteiger partial charge in [-0.05, 0) is 19.9 Å². The Hall–Kier alpha value is -1.49. The maximum atomic E-state index is 11.4. The minimum absolute atomic E-state index is 0.0829. The summed E-state index contributed by atoms with van der Waals surface area (Å²) < 4.78 is 0. The van der Waals surface area contributed by atoms with Crippen LogP contribution in [0.1, 0.15) is 24.2 Å². The van der Waals surface area contributed by atoms with Crippen molar-refractivity contribution in [2.45, 2.75) is 24.8 Å². The van der Waals surface area contributed by atoms with Crippen molar-refractivity contribution in [3.05, 3.63) is 29.8 Å². The molecule has 0 unspecified atom stereocenters. The second-order valence-corrected chi connectivity index (χ2v) is 4.81. The summed E-state index contributed by atoms with van der Waals surface area (Å²) in [6.45, 7) is 3.75. The second kappa shape index (κ2) is 6.30. The summed E-state index contributed by atoms with van der Waals surface area (Å²) >= 11 is 1.19. The van der Waals surface area contributed by atoms with Crippen LogP contribution in [0, 0.1) is 0 Å². The molecule has 17 heavy (non-hydrogen) atoms. The van der Waals surface area contributed by atoms with Gasteiger partial charge in [0.2, 0.25) is 5.91 Å². The zero-order valence-corrected chi connectivity index (χ0v) is 10.5. The SMILES string of the molecule is CC(C)NC(=O)CSc1ccccc1C(=O)[O-]. The number of carboxylic acid groups (broad SMARTS) is 1. The van der Waals surface area contributed by atoms with Crippen LogP contribution < -0.4 is 10.4 Å². The van der Waals surface area contributed by atoms with Crippen LogP contribution >= 0.6 is 11.8 Å². The molecule has 0 atom stereocenters. The number of benzene rings is 1. The number of hydrogen-bond donors (Lipinski definition) is 1. The lowest BCUT2D eigenvalue weighted by Gasteiger charge is -2.11. The highest BCUT2D eigenvalue weighted by Gasteiger charge is 2.07. The van der Waals surface area contributed by atoms with Crippen molar-refractivity contribution in [3.63, 3.8) is 0 Å². The molecule has 0 aliphatic carbocycles. The van der Waals surface area contributed by atoms with Gasteiger partial charge in [0, 0.05) is 16.5 Å². The number of carbonyl (C=O) groups is 2. The molecule has 0 bridgehead atoms. The standard InChI is InChI=1S/C12H15NO3S/c1-8(2)13-11(14)7-17-10-6-4-3-5-9(10)12(15)16/h3-6,8H,7H2,1-2H3,(H,13,14)(H,15,16)/p-1. The predicted octanol–water partition coefficient (Wildman–Crippen LogP) is 0.667. The summed E-state index contributed by atoms with van der Waals surface area (Å²) in [6, 6.07) is 6.58. The molecule has 5 heteroatoms. The lowest BCUT2D eigenvalue weighted by molar-refractivity contribution is -0.255. The molecule has 1 aromatic carbocycles. The molecule has 0 aliphatic heterocycles. The van der Waals surface area contributed by atoms with Gasteiger partial charge in [0.1, 0.15) is 0 Å². The molecule has 0 radical (unpaired) electrons. The summed E-state index contributed by atoms with van der Waals surface area (Å²) in [4.78, 5) is 22.8. The molecule has 0 aliphatic rings. The van der Waals surface area contributed by atoms with E-state index in [9.17, 15) is 14.7 Å². The maximum absolute atomic E-state index is 11.4. The molecule has 0 saturated carbocycles. The van der Waals surface area contributed by atoms with Gasteiger partial charge >= 0.3 is 0 Å². The van der Waals surface area contributed by atoms with E-state index in [-0.39, 0.29) is 23.3 Å². The Balaban J connectivity index is 2.63. The van der Waals surface area contributed by atoms with Gasteiger partial charge in [-0.1, -0.05) is 18.2 Å². The summed E-state index contributed by atoms with van der Waals surface area (Å²) in [5.74, 6) is -1.14. The Bertz CT molecular complexity index is 418. The largest absolute Gasteiger partial charge is 0.545 e. The van der Waals surface area contributed by atoms with Gasteiger partial charge in [-0.3, -0.25) is 4.79 Å². The van der Waals surface area contributed by atoms with Crippen molar-refractivity contribution < 1.29 is 14.7 Å². The van der Waals surface area contributed by atoms with Crippen molar-refractivity contribution in [2.24, 2.45) is 0 Å². The third-order valence-corrected chi connectivity index (χ3v) is 2.99. The fourth-order valence-electron chi connectivity index (χ4n) is 1.27. The zero-order chi connectivity index (χ0) is 12.8. The minimum Gasteiger partial charge on any atom is -0.545 e. The highest BCUT2D eigenvalue weighted by Crippen LogP contribution is 2.21. The fraction of sp³-hybridized carbons (Fsp3) is 0.333. The van der Waals surface area contributed by atoms with E-state index in [0.29, 0.717) is 4.90 Å². The van der Waals surface area contributed by atoms with E-state index in [1.807, 2.05) is 13.8 Å². The average Bonchev–Trinajstić information content (AvgIpc) is 2.25. The lowest BCUT2D eigenvalue weighted by atomic mass is 10.2. The number of amides is 1. The van der Waals surface area contributed by atoms with Crippen LogP contribution in [-0.4, -0.2) is 23.7 Å². The number of hydrogen-bond acceptors (Lipinski definition) is 4. The molecule has 92 valence electrons. The number of carbonyl (C=O) groups excluding carboxylic acids is 2. The quantitative estimate of drug-likeness (QED) is 0.782. The topological polar surface area (TPSA) is 69.2 Å². The Morgan fingerprint density at radius 1 is 1.35 bits per heavy atom. The Morgan fingerprint density at radius 3 is 2.59 bits per heavy atom. The molecule has 4 nitrogen and oxygen atoms in total. The number of thioether (sulfide) groups is 1. The van der Waals surface area contributed by atoms with Gasteiger partial charge in [0.25, 0.3) is 0 Å². The number of nitrogens with one attached hydrogen (secondary N) is 1. The van der Waals surface area contributed by atoms with Gasteiger partial charge in [-0.25, -0.2) is 0 Å². The molecule has 1 rings (SSSR count). The van der Waals surface area contributed by atoms with Gasteiger partial charge < -0.3 is 15.2 Å². The monoisotopic (exact) mass is 252 g/mol. The molecule has 0 aromatic heterocycles. The van der Waals surface area contributed by atoms with E-state index in [2.05, 4.69) is 5.32 Å². The van der Waals surface area contributed by atoms with Crippen molar-refractivity contribution in [1.29, 1.82) is 0 Å². The molecule has 1 aromatic rings. The number of aromatic carboxylic acids is 1. The van der Waals surface area contributed by atoms with E-state index >= 15 is 0 Å². The van der Waals surface area contributed by atoms with Crippen LogP contribution in [0.3, 0.4) is 0 Å². The van der Waals surface area contributed by atoms with Crippen LogP contribution in [0.5, 0.6) is 0 Å². The van der Waals surface area contributed by atoms with E-state index in [4.69, 9.17) is 0 Å². The highest BCUT2D eigenvalue weighted by molar-refractivity contribution is 8.00. The molecule has 0 heterocycles. The number of carboxylic acids is 1. The third-order valence-electron chi connectivity index (χ3n) is 1.92. The molecule has 0 fully saturated rings. The average molecular weight is 252 g/mol. The van der Waals surface area contributed by atoms with Gasteiger partial charge in [-0.15, -0.1) is 11.8 Å². The zero-order valence-electron chi connectivity index (χ0n) is 9.73. The summed E-state index contributed by atoms with van der Waals surface area (Å²) in [5, 5.41) is 13.6. The van der Waals surface area contributed by atoms with Gasteiger partial charge in [-0.2, -0.15) is 0 Å². The van der Waals surface area contributed by atoms with Crippen LogP contribution in [0.15, 0.2) is 29.2 Å². The normalized spacial score (nSPS) is 10.3. The Kier molecular flexibility index (Phi) is 5.03. The van der Waals surface area contributed by atoms with Gasteiger partial charge in [0.05, 0.1) is 11.7 Å². The number of rotatable bonds is 5. The molecule has 1 amide bonds. The van der Waals surface area contributed by atoms with Crippen molar-refractivity contribution in [1.82, 2.24) is 5.32 Å². The minimum atomic E-state index is -1.22. The summed E-state index contributed by atoms with van der Waals surface area (Å²) in [7, 11) is 0. The summed E-state index contributed by atoms with van der Waals surface area (Å²) in [5.41, 5.74) is 0.120. The highest BCUT2D eigenvalue weighted by atomic mass is 32.2. The first-order valence-corrected chi connectivity index (χ1v) is 6.22. The van der Waals surface area contributed by atoms with Crippen LogP contribution in [-0.2, 0) is 4.79 Å². The predicted molar refractivity (Wildman–Crippen MR) is 64.8 cm³/mol.